The Morgan fingerprint density at radius 3 is 2.64 bits per heavy atom. The van der Waals surface area contributed by atoms with Crippen molar-refractivity contribution in [1.29, 1.82) is 0 Å². The molecule has 0 radical (unpaired) electrons. The number of fused-ring (bicyclic) bond motifs is 1. The summed E-state index contributed by atoms with van der Waals surface area (Å²) in [5.41, 5.74) is 3.25. The number of morpholine rings is 1. The number of hydrogen-bond donors (Lipinski definition) is 0. The smallest absolute Gasteiger partial charge is 0.225 e. The SMILES string of the molecule is CN(Cc1cnc(N2CCOCC2)nc1)Cc1cnc2ccccn12. The molecular weight excluding hydrogens is 316 g/mol. The van der Waals surface area contributed by atoms with Crippen LogP contribution >= 0.6 is 0 Å². The second-order valence-corrected chi connectivity index (χ2v) is 6.34. The van der Waals surface area contributed by atoms with Gasteiger partial charge in [0, 0.05) is 50.3 Å². The molecule has 0 atom stereocenters. The second-order valence-electron chi connectivity index (χ2n) is 6.34. The van der Waals surface area contributed by atoms with E-state index in [0.717, 1.165) is 56.6 Å². The normalized spacial score (nSPS) is 15.2. The maximum Gasteiger partial charge on any atom is 0.225 e. The van der Waals surface area contributed by atoms with Crippen LogP contribution in [-0.4, -0.2) is 57.6 Å². The van der Waals surface area contributed by atoms with Gasteiger partial charge >= 0.3 is 0 Å². The van der Waals surface area contributed by atoms with Crippen LogP contribution in [0.15, 0.2) is 43.0 Å². The van der Waals surface area contributed by atoms with Crippen molar-refractivity contribution in [2.24, 2.45) is 0 Å². The molecule has 7 nitrogen and oxygen atoms in total. The van der Waals surface area contributed by atoms with E-state index in [9.17, 15) is 0 Å². The van der Waals surface area contributed by atoms with E-state index in [4.69, 9.17) is 4.74 Å². The minimum Gasteiger partial charge on any atom is -0.378 e. The van der Waals surface area contributed by atoms with Crippen molar-refractivity contribution in [2.75, 3.05) is 38.3 Å². The van der Waals surface area contributed by atoms with Gasteiger partial charge in [0.15, 0.2) is 0 Å². The van der Waals surface area contributed by atoms with E-state index in [-0.39, 0.29) is 0 Å². The molecular formula is C18H22N6O. The lowest BCUT2D eigenvalue weighted by atomic mass is 10.3. The van der Waals surface area contributed by atoms with Crippen LogP contribution < -0.4 is 4.90 Å². The third-order valence-corrected chi connectivity index (χ3v) is 4.36. The predicted octanol–water partition coefficient (Wildman–Crippen LogP) is 1.59. The lowest BCUT2D eigenvalue weighted by Gasteiger charge is -2.26. The van der Waals surface area contributed by atoms with Crippen molar-refractivity contribution < 1.29 is 4.74 Å². The first-order valence-corrected chi connectivity index (χ1v) is 8.53. The number of pyridine rings is 1. The average Bonchev–Trinajstić information content (AvgIpc) is 3.06. The Morgan fingerprint density at radius 1 is 1.04 bits per heavy atom. The van der Waals surface area contributed by atoms with Crippen LogP contribution in [0.25, 0.3) is 5.65 Å². The zero-order valence-electron chi connectivity index (χ0n) is 14.4. The van der Waals surface area contributed by atoms with Gasteiger partial charge in [0.25, 0.3) is 0 Å². The Hall–Kier alpha value is -2.51. The van der Waals surface area contributed by atoms with Gasteiger partial charge in [-0.2, -0.15) is 0 Å². The fourth-order valence-electron chi connectivity index (χ4n) is 3.10. The summed E-state index contributed by atoms with van der Waals surface area (Å²) in [6, 6.07) is 6.04. The molecule has 1 aliphatic heterocycles. The van der Waals surface area contributed by atoms with Gasteiger partial charge in [-0.25, -0.2) is 15.0 Å². The first kappa shape index (κ1) is 16.0. The molecule has 3 aromatic rings. The second kappa shape index (κ2) is 7.16. The molecule has 0 amide bonds. The quantitative estimate of drug-likeness (QED) is 0.704. The minimum absolute atomic E-state index is 0.743. The van der Waals surface area contributed by atoms with Crippen molar-refractivity contribution in [2.45, 2.75) is 13.1 Å². The molecule has 0 unspecified atom stereocenters. The van der Waals surface area contributed by atoms with Gasteiger partial charge in [0.2, 0.25) is 5.95 Å². The summed E-state index contributed by atoms with van der Waals surface area (Å²) >= 11 is 0. The van der Waals surface area contributed by atoms with Crippen LogP contribution in [0.2, 0.25) is 0 Å². The van der Waals surface area contributed by atoms with Crippen molar-refractivity contribution in [1.82, 2.24) is 24.3 Å². The summed E-state index contributed by atoms with van der Waals surface area (Å²) in [6.07, 6.45) is 7.82. The van der Waals surface area contributed by atoms with Crippen molar-refractivity contribution in [3.63, 3.8) is 0 Å². The molecule has 1 saturated heterocycles. The molecule has 25 heavy (non-hydrogen) atoms. The van der Waals surface area contributed by atoms with Crippen LogP contribution in [0.5, 0.6) is 0 Å². The standard InChI is InChI=1S/C18H22N6O/c1-22(14-16-12-19-17-4-2-3-5-24(16)17)13-15-10-20-18(21-11-15)23-6-8-25-9-7-23/h2-5,10-12H,6-9,13-14H2,1H3. The fourth-order valence-corrected chi connectivity index (χ4v) is 3.10. The lowest BCUT2D eigenvalue weighted by molar-refractivity contribution is 0.122. The van der Waals surface area contributed by atoms with Crippen LogP contribution in [0, 0.1) is 0 Å². The van der Waals surface area contributed by atoms with Crippen molar-refractivity contribution in [3.05, 3.63) is 54.2 Å². The van der Waals surface area contributed by atoms with Crippen molar-refractivity contribution in [3.8, 4) is 0 Å². The van der Waals surface area contributed by atoms with Crippen LogP contribution in [0.4, 0.5) is 5.95 Å². The third kappa shape index (κ3) is 3.62. The van der Waals surface area contributed by atoms with Gasteiger partial charge in [-0.1, -0.05) is 6.07 Å². The molecule has 4 rings (SSSR count). The molecule has 0 aliphatic carbocycles. The number of ether oxygens (including phenoxy) is 1. The highest BCUT2D eigenvalue weighted by molar-refractivity contribution is 5.39. The molecule has 0 spiro atoms. The van der Waals surface area contributed by atoms with E-state index >= 15 is 0 Å². The number of aromatic nitrogens is 4. The van der Waals surface area contributed by atoms with Crippen LogP contribution in [-0.2, 0) is 17.8 Å². The van der Waals surface area contributed by atoms with Gasteiger partial charge < -0.3 is 14.0 Å². The molecule has 3 aromatic heterocycles. The Labute approximate surface area is 146 Å². The number of rotatable bonds is 5. The summed E-state index contributed by atoms with van der Waals surface area (Å²) in [6.45, 7) is 4.81. The number of anilines is 1. The molecule has 0 saturated carbocycles. The summed E-state index contributed by atoms with van der Waals surface area (Å²) < 4.78 is 7.49. The molecule has 4 heterocycles. The Bertz CT molecular complexity index is 825. The van der Waals surface area contributed by atoms with Gasteiger partial charge in [-0.15, -0.1) is 0 Å². The van der Waals surface area contributed by atoms with E-state index in [1.807, 2.05) is 43.0 Å². The molecule has 0 aromatic carbocycles. The van der Waals surface area contributed by atoms with Gasteiger partial charge in [-0.05, 0) is 19.2 Å². The first-order valence-electron chi connectivity index (χ1n) is 8.53. The third-order valence-electron chi connectivity index (χ3n) is 4.36. The molecule has 7 heteroatoms. The first-order chi connectivity index (χ1) is 12.3. The van der Waals surface area contributed by atoms with Gasteiger partial charge in [0.05, 0.1) is 25.1 Å². The number of imidazole rings is 1. The van der Waals surface area contributed by atoms with Crippen LogP contribution in [0.3, 0.4) is 0 Å². The van der Waals surface area contributed by atoms with E-state index in [2.05, 4.69) is 36.2 Å². The Kier molecular flexibility index (Phi) is 4.58. The lowest BCUT2D eigenvalue weighted by Crippen LogP contribution is -2.37. The highest BCUT2D eigenvalue weighted by atomic mass is 16.5. The molecule has 1 fully saturated rings. The Balaban J connectivity index is 1.39. The summed E-state index contributed by atoms with van der Waals surface area (Å²) in [5.74, 6) is 0.788. The topological polar surface area (TPSA) is 58.8 Å². The van der Waals surface area contributed by atoms with E-state index in [1.165, 1.54) is 5.69 Å². The number of nitrogens with zero attached hydrogens (tertiary/aromatic N) is 6. The van der Waals surface area contributed by atoms with E-state index in [1.54, 1.807) is 0 Å². The highest BCUT2D eigenvalue weighted by Crippen LogP contribution is 2.12. The molecule has 0 N–H and O–H groups in total. The maximum absolute atomic E-state index is 5.37. The largest absolute Gasteiger partial charge is 0.378 e. The highest BCUT2D eigenvalue weighted by Gasteiger charge is 2.14. The monoisotopic (exact) mass is 338 g/mol. The van der Waals surface area contributed by atoms with Gasteiger partial charge in [0.1, 0.15) is 5.65 Å². The molecule has 1 aliphatic rings. The molecule has 130 valence electrons. The van der Waals surface area contributed by atoms with Crippen molar-refractivity contribution >= 4 is 11.6 Å². The molecule has 0 bridgehead atoms. The zero-order valence-corrected chi connectivity index (χ0v) is 14.4. The van der Waals surface area contributed by atoms with Crippen LogP contribution in [0.1, 0.15) is 11.3 Å². The predicted molar refractivity (Wildman–Crippen MR) is 95.4 cm³/mol. The minimum atomic E-state index is 0.743. The summed E-state index contributed by atoms with van der Waals surface area (Å²) in [7, 11) is 2.10. The average molecular weight is 338 g/mol. The summed E-state index contributed by atoms with van der Waals surface area (Å²) in [4.78, 5) is 17.9. The summed E-state index contributed by atoms with van der Waals surface area (Å²) in [5, 5.41) is 0. The van der Waals surface area contributed by atoms with Gasteiger partial charge in [-0.3, -0.25) is 4.90 Å². The zero-order chi connectivity index (χ0) is 17.1. The maximum atomic E-state index is 5.37. The van der Waals surface area contributed by atoms with E-state index < -0.39 is 0 Å². The fraction of sp³-hybridized carbons (Fsp3) is 0.389. The number of hydrogen-bond acceptors (Lipinski definition) is 6. The Morgan fingerprint density at radius 2 is 1.84 bits per heavy atom. The van der Waals surface area contributed by atoms with E-state index in [0.29, 0.717) is 0 Å².